The summed E-state index contributed by atoms with van der Waals surface area (Å²) in [5.74, 6) is -0.0239. The average Bonchev–Trinajstić information content (AvgIpc) is 2.90. The largest absolute Gasteiger partial charge is 0.489 e. The van der Waals surface area contributed by atoms with E-state index >= 15 is 0 Å². The fraction of sp³-hybridized carbons (Fsp3) is 0.600. The van der Waals surface area contributed by atoms with Gasteiger partial charge in [0.25, 0.3) is 20.2 Å². The molecular formula is C30H46O8S2. The Labute approximate surface area is 241 Å². The number of hydrogen-bond acceptors (Lipinski definition) is 6. The van der Waals surface area contributed by atoms with E-state index in [-0.39, 0.29) is 34.5 Å². The molecule has 2 aromatic carbocycles. The maximum Gasteiger partial charge on any atom is 0.298 e. The maximum absolute atomic E-state index is 12.0. The molecule has 0 saturated carbocycles. The monoisotopic (exact) mass is 598 g/mol. The van der Waals surface area contributed by atoms with Gasteiger partial charge in [0.2, 0.25) is 0 Å². The second kappa shape index (κ2) is 17.6. The lowest BCUT2D eigenvalue weighted by Gasteiger charge is -2.14. The van der Waals surface area contributed by atoms with Crippen molar-refractivity contribution >= 4 is 20.2 Å². The first-order valence-corrected chi connectivity index (χ1v) is 17.4. The zero-order chi connectivity index (χ0) is 29.4. The molecule has 0 radical (unpaired) electrons. The molecule has 0 aromatic heterocycles. The summed E-state index contributed by atoms with van der Waals surface area (Å²) in [5, 5.41) is 0. The van der Waals surface area contributed by atoms with Gasteiger partial charge in [0.05, 0.1) is 0 Å². The number of benzene rings is 2. The van der Waals surface area contributed by atoms with Crippen LogP contribution in [-0.4, -0.2) is 39.2 Å². The SMILES string of the molecule is CCCCCCCCc1ccc(OCCOc2ccc(CCCCCCCC)cc2S(=O)(=O)O)c(S(=O)(=O)O)c1. The zero-order valence-corrected chi connectivity index (χ0v) is 25.6. The molecule has 40 heavy (non-hydrogen) atoms. The number of ether oxygens (including phenoxy) is 2. The molecule has 2 N–H and O–H groups in total. The van der Waals surface area contributed by atoms with Crippen molar-refractivity contribution in [2.75, 3.05) is 13.2 Å². The number of aryl methyl sites for hydroxylation is 2. The summed E-state index contributed by atoms with van der Waals surface area (Å²) in [5.41, 5.74) is 1.59. The highest BCUT2D eigenvalue weighted by Crippen LogP contribution is 2.28. The van der Waals surface area contributed by atoms with Crippen LogP contribution in [0, 0.1) is 0 Å². The lowest BCUT2D eigenvalue weighted by molar-refractivity contribution is 0.209. The topological polar surface area (TPSA) is 127 Å². The minimum absolute atomic E-state index is 0.0120. The summed E-state index contributed by atoms with van der Waals surface area (Å²) in [6.07, 6.45) is 14.8. The van der Waals surface area contributed by atoms with Gasteiger partial charge in [-0.2, -0.15) is 16.8 Å². The molecule has 0 heterocycles. The Morgan fingerprint density at radius 2 is 0.900 bits per heavy atom. The van der Waals surface area contributed by atoms with Crippen LogP contribution in [0.1, 0.15) is 102 Å². The van der Waals surface area contributed by atoms with Gasteiger partial charge in [-0.3, -0.25) is 9.11 Å². The Morgan fingerprint density at radius 1 is 0.550 bits per heavy atom. The Hall–Kier alpha value is -2.14. The van der Waals surface area contributed by atoms with E-state index in [9.17, 15) is 25.9 Å². The Bertz CT molecular complexity index is 1140. The van der Waals surface area contributed by atoms with Crippen LogP contribution < -0.4 is 9.47 Å². The van der Waals surface area contributed by atoms with Gasteiger partial charge in [-0.15, -0.1) is 0 Å². The molecule has 0 aliphatic carbocycles. The summed E-state index contributed by atoms with van der Waals surface area (Å²) < 4.78 is 78.6. The van der Waals surface area contributed by atoms with E-state index in [0.29, 0.717) is 12.8 Å². The third-order valence-corrected chi connectivity index (χ3v) is 8.56. The van der Waals surface area contributed by atoms with E-state index in [0.717, 1.165) is 49.7 Å². The van der Waals surface area contributed by atoms with E-state index in [1.165, 1.54) is 62.8 Å². The third kappa shape index (κ3) is 12.6. The molecule has 2 rings (SSSR count). The van der Waals surface area contributed by atoms with Gasteiger partial charge in [0.1, 0.15) is 34.5 Å². The molecule has 0 unspecified atom stereocenters. The number of unbranched alkanes of at least 4 members (excludes halogenated alkanes) is 10. The van der Waals surface area contributed by atoms with Crippen molar-refractivity contribution < 1.29 is 35.4 Å². The molecule has 0 spiro atoms. The number of hydrogen-bond donors (Lipinski definition) is 2. The fourth-order valence-electron chi connectivity index (χ4n) is 4.58. The van der Waals surface area contributed by atoms with E-state index < -0.39 is 20.2 Å². The van der Waals surface area contributed by atoms with Gasteiger partial charge in [-0.25, -0.2) is 0 Å². The summed E-state index contributed by atoms with van der Waals surface area (Å²) in [6, 6.07) is 9.42. The second-order valence-electron chi connectivity index (χ2n) is 10.2. The fourth-order valence-corrected chi connectivity index (χ4v) is 5.94. The van der Waals surface area contributed by atoms with Crippen LogP contribution in [0.4, 0.5) is 0 Å². The summed E-state index contributed by atoms with van der Waals surface area (Å²) in [4.78, 5) is -0.623. The Kier molecular flexibility index (Phi) is 15.0. The summed E-state index contributed by atoms with van der Waals surface area (Å²) >= 11 is 0. The van der Waals surface area contributed by atoms with E-state index in [1.54, 1.807) is 12.1 Å². The number of rotatable bonds is 21. The minimum atomic E-state index is -4.51. The standard InChI is InChI=1S/C30H46O8S2/c1-3-5-7-9-11-13-15-25-17-19-27(29(23-25)39(31,32)33)37-21-22-38-28-20-18-26(24-30(28)40(34,35)36)16-14-12-10-8-6-4-2/h17-20,23-24H,3-16,21-22H2,1-2H3,(H,31,32,33)(H,34,35,36). The van der Waals surface area contributed by atoms with Gasteiger partial charge in [-0.05, 0) is 61.1 Å². The predicted octanol–water partition coefficient (Wildman–Crippen LogP) is 7.44. The summed E-state index contributed by atoms with van der Waals surface area (Å²) in [6.45, 7) is 4.11. The van der Waals surface area contributed by atoms with Gasteiger partial charge >= 0.3 is 0 Å². The molecule has 0 amide bonds. The predicted molar refractivity (Wildman–Crippen MR) is 158 cm³/mol. The molecule has 0 bridgehead atoms. The zero-order valence-electron chi connectivity index (χ0n) is 23.9. The van der Waals surface area contributed by atoms with Crippen LogP contribution in [0.15, 0.2) is 46.2 Å². The van der Waals surface area contributed by atoms with Crippen molar-refractivity contribution in [3.8, 4) is 11.5 Å². The smallest absolute Gasteiger partial charge is 0.298 e. The molecule has 226 valence electrons. The van der Waals surface area contributed by atoms with Gasteiger partial charge in [0.15, 0.2) is 0 Å². The normalized spacial score (nSPS) is 12.0. The van der Waals surface area contributed by atoms with Crippen molar-refractivity contribution in [1.82, 2.24) is 0 Å². The first-order chi connectivity index (χ1) is 19.1. The molecular weight excluding hydrogens is 552 g/mol. The average molecular weight is 599 g/mol. The van der Waals surface area contributed by atoms with Crippen molar-refractivity contribution in [1.29, 1.82) is 0 Å². The lowest BCUT2D eigenvalue weighted by atomic mass is 10.0. The molecule has 10 heteroatoms. The molecule has 0 atom stereocenters. The van der Waals surface area contributed by atoms with Crippen LogP contribution in [0.2, 0.25) is 0 Å². The van der Waals surface area contributed by atoms with Crippen LogP contribution in [-0.2, 0) is 33.1 Å². The second-order valence-corrected chi connectivity index (χ2v) is 13.0. The molecule has 0 saturated heterocycles. The van der Waals surface area contributed by atoms with E-state index in [4.69, 9.17) is 9.47 Å². The third-order valence-electron chi connectivity index (χ3n) is 6.81. The maximum atomic E-state index is 12.0. The first kappa shape index (κ1) is 34.1. The van der Waals surface area contributed by atoms with Crippen LogP contribution in [0.5, 0.6) is 11.5 Å². The minimum Gasteiger partial charge on any atom is -0.489 e. The van der Waals surface area contributed by atoms with Crippen LogP contribution in [0.25, 0.3) is 0 Å². The molecule has 8 nitrogen and oxygen atoms in total. The Morgan fingerprint density at radius 3 is 1.25 bits per heavy atom. The van der Waals surface area contributed by atoms with E-state index in [1.807, 2.05) is 0 Å². The van der Waals surface area contributed by atoms with Gasteiger partial charge in [0, 0.05) is 0 Å². The van der Waals surface area contributed by atoms with Crippen LogP contribution >= 0.6 is 0 Å². The van der Waals surface area contributed by atoms with Crippen molar-refractivity contribution in [2.24, 2.45) is 0 Å². The highest BCUT2D eigenvalue weighted by Gasteiger charge is 2.19. The van der Waals surface area contributed by atoms with E-state index in [2.05, 4.69) is 13.8 Å². The van der Waals surface area contributed by atoms with Crippen molar-refractivity contribution in [2.45, 2.75) is 114 Å². The molecule has 2 aromatic rings. The van der Waals surface area contributed by atoms with Crippen LogP contribution in [0.3, 0.4) is 0 Å². The molecule has 0 aliphatic rings. The molecule has 0 fully saturated rings. The highest BCUT2D eigenvalue weighted by molar-refractivity contribution is 7.86. The highest BCUT2D eigenvalue weighted by atomic mass is 32.2. The first-order valence-electron chi connectivity index (χ1n) is 14.5. The van der Waals surface area contributed by atoms with Gasteiger partial charge in [-0.1, -0.05) is 90.2 Å². The Balaban J connectivity index is 1.95. The van der Waals surface area contributed by atoms with Gasteiger partial charge < -0.3 is 9.47 Å². The summed E-state index contributed by atoms with van der Waals surface area (Å²) in [7, 11) is -9.02. The molecule has 0 aliphatic heterocycles. The lowest BCUT2D eigenvalue weighted by Crippen LogP contribution is -2.13. The quantitative estimate of drug-likeness (QED) is 0.112. The van der Waals surface area contributed by atoms with Crippen molar-refractivity contribution in [3.63, 3.8) is 0 Å². The van der Waals surface area contributed by atoms with Crippen molar-refractivity contribution in [3.05, 3.63) is 47.5 Å².